The molecule has 0 unspecified atom stereocenters. The summed E-state index contributed by atoms with van der Waals surface area (Å²) < 4.78 is 5.38. The zero-order chi connectivity index (χ0) is 15.9. The maximum absolute atomic E-state index is 5.38. The third-order valence-electron chi connectivity index (χ3n) is 3.36. The minimum Gasteiger partial charge on any atom is -0.377 e. The van der Waals surface area contributed by atoms with Crippen molar-refractivity contribution in [3.63, 3.8) is 0 Å². The molecule has 0 aliphatic rings. The molecule has 0 fully saturated rings. The summed E-state index contributed by atoms with van der Waals surface area (Å²) in [5.74, 6) is 0.795. The zero-order valence-corrected chi connectivity index (χ0v) is 14.9. The number of thiazole rings is 1. The molecule has 0 aliphatic carbocycles. The third kappa shape index (κ3) is 6.01. The van der Waals surface area contributed by atoms with E-state index < -0.39 is 0 Å². The highest BCUT2D eigenvalue weighted by Crippen LogP contribution is 2.17. The third-order valence-corrected chi connectivity index (χ3v) is 4.43. The molecular formula is C15H28N4OS. The van der Waals surface area contributed by atoms with Gasteiger partial charge in [-0.15, -0.1) is 11.3 Å². The van der Waals surface area contributed by atoms with Crippen LogP contribution in [-0.4, -0.2) is 43.8 Å². The molecule has 1 aromatic heterocycles. The van der Waals surface area contributed by atoms with Gasteiger partial charge >= 0.3 is 0 Å². The Kier molecular flexibility index (Phi) is 7.11. The molecule has 21 heavy (non-hydrogen) atoms. The Morgan fingerprint density at radius 2 is 2.10 bits per heavy atom. The van der Waals surface area contributed by atoms with Gasteiger partial charge in [0.1, 0.15) is 0 Å². The lowest BCUT2D eigenvalue weighted by atomic mass is 10.1. The van der Waals surface area contributed by atoms with Crippen molar-refractivity contribution in [3.8, 4) is 0 Å². The van der Waals surface area contributed by atoms with Crippen molar-refractivity contribution in [1.29, 1.82) is 0 Å². The maximum atomic E-state index is 5.38. The molecule has 6 heteroatoms. The fourth-order valence-corrected chi connectivity index (χ4v) is 2.82. The molecule has 0 spiro atoms. The summed E-state index contributed by atoms with van der Waals surface area (Å²) in [4.78, 5) is 10.2. The van der Waals surface area contributed by atoms with E-state index in [-0.39, 0.29) is 5.60 Å². The van der Waals surface area contributed by atoms with E-state index in [9.17, 15) is 0 Å². The van der Waals surface area contributed by atoms with E-state index in [0.717, 1.165) is 25.3 Å². The quantitative estimate of drug-likeness (QED) is 0.598. The number of methoxy groups -OCH3 is 1. The Balaban J connectivity index is 2.38. The number of rotatable bonds is 7. The largest absolute Gasteiger partial charge is 0.377 e. The summed E-state index contributed by atoms with van der Waals surface area (Å²) in [5.41, 5.74) is 1.01. The van der Waals surface area contributed by atoms with E-state index in [0.29, 0.717) is 6.54 Å². The monoisotopic (exact) mass is 312 g/mol. The van der Waals surface area contributed by atoms with Crippen LogP contribution in [0.5, 0.6) is 0 Å². The van der Waals surface area contributed by atoms with Crippen LogP contribution in [0.2, 0.25) is 0 Å². The summed E-state index contributed by atoms with van der Waals surface area (Å²) in [5, 5.41) is 7.77. The van der Waals surface area contributed by atoms with Crippen molar-refractivity contribution in [3.05, 3.63) is 15.6 Å². The second-order valence-corrected chi connectivity index (χ2v) is 6.82. The van der Waals surface area contributed by atoms with Gasteiger partial charge in [0.2, 0.25) is 0 Å². The maximum Gasteiger partial charge on any atom is 0.191 e. The van der Waals surface area contributed by atoms with E-state index in [1.807, 2.05) is 13.8 Å². The van der Waals surface area contributed by atoms with Crippen molar-refractivity contribution >= 4 is 17.3 Å². The Bertz CT molecular complexity index is 468. The molecule has 120 valence electrons. The van der Waals surface area contributed by atoms with Crippen LogP contribution in [0.15, 0.2) is 4.99 Å². The molecule has 0 radical (unpaired) electrons. The predicted molar refractivity (Wildman–Crippen MR) is 90.4 cm³/mol. The molecule has 0 atom stereocenters. The second-order valence-electron chi connectivity index (χ2n) is 5.53. The van der Waals surface area contributed by atoms with Crippen LogP contribution in [0, 0.1) is 6.92 Å². The van der Waals surface area contributed by atoms with Crippen molar-refractivity contribution in [2.45, 2.75) is 46.1 Å². The highest BCUT2D eigenvalue weighted by molar-refractivity contribution is 7.11. The first-order valence-corrected chi connectivity index (χ1v) is 8.18. The molecule has 1 rings (SSSR count). The summed E-state index contributed by atoms with van der Waals surface area (Å²) in [6.07, 6.45) is 1.92. The zero-order valence-electron chi connectivity index (χ0n) is 14.0. The molecule has 0 saturated carbocycles. The molecule has 2 N–H and O–H groups in total. The van der Waals surface area contributed by atoms with E-state index in [1.165, 1.54) is 15.6 Å². The van der Waals surface area contributed by atoms with Crippen LogP contribution < -0.4 is 10.6 Å². The van der Waals surface area contributed by atoms with Crippen LogP contribution in [0.4, 0.5) is 0 Å². The first kappa shape index (κ1) is 17.9. The minimum absolute atomic E-state index is 0.208. The van der Waals surface area contributed by atoms with Gasteiger partial charge in [0.15, 0.2) is 5.96 Å². The van der Waals surface area contributed by atoms with Crippen LogP contribution in [-0.2, 0) is 17.6 Å². The number of aromatic nitrogens is 1. The normalized spacial score (nSPS) is 12.6. The molecule has 0 aromatic carbocycles. The lowest BCUT2D eigenvalue weighted by Gasteiger charge is -2.24. The first-order chi connectivity index (χ1) is 9.91. The summed E-state index contributed by atoms with van der Waals surface area (Å²) in [7, 11) is 3.49. The Morgan fingerprint density at radius 1 is 1.38 bits per heavy atom. The van der Waals surface area contributed by atoms with E-state index in [2.05, 4.69) is 34.5 Å². The molecular weight excluding hydrogens is 284 g/mol. The summed E-state index contributed by atoms with van der Waals surface area (Å²) >= 11 is 1.79. The number of hydrogen-bond donors (Lipinski definition) is 2. The number of hydrogen-bond acceptors (Lipinski definition) is 4. The average Bonchev–Trinajstić information content (AvgIpc) is 2.82. The van der Waals surface area contributed by atoms with Gasteiger partial charge in [-0.3, -0.25) is 4.99 Å². The van der Waals surface area contributed by atoms with E-state index in [4.69, 9.17) is 4.74 Å². The number of aryl methyl sites for hydroxylation is 2. The highest BCUT2D eigenvalue weighted by atomic mass is 32.1. The standard InChI is InChI=1S/C15H28N4OS/c1-7-12-11(2)21-13(19-12)8-9-17-14(16-5)18-10-15(3,4)20-6/h7-10H2,1-6H3,(H2,16,17,18). The van der Waals surface area contributed by atoms with Crippen molar-refractivity contribution in [2.24, 2.45) is 4.99 Å². The lowest BCUT2D eigenvalue weighted by molar-refractivity contribution is 0.0268. The molecule has 0 saturated heterocycles. The second kappa shape index (κ2) is 8.34. The SMILES string of the molecule is CCc1nc(CCNC(=NC)NCC(C)(C)OC)sc1C. The topological polar surface area (TPSA) is 58.5 Å². The fraction of sp³-hybridized carbons (Fsp3) is 0.733. The number of aliphatic imine (C=N–C) groups is 1. The van der Waals surface area contributed by atoms with Crippen molar-refractivity contribution in [1.82, 2.24) is 15.6 Å². The van der Waals surface area contributed by atoms with Gasteiger partial charge in [-0.05, 0) is 27.2 Å². The number of guanidine groups is 1. The predicted octanol–water partition coefficient (Wildman–Crippen LogP) is 2.15. The fourth-order valence-electron chi connectivity index (χ4n) is 1.80. The Morgan fingerprint density at radius 3 is 2.62 bits per heavy atom. The van der Waals surface area contributed by atoms with Gasteiger partial charge in [-0.2, -0.15) is 0 Å². The number of nitrogens with one attached hydrogen (secondary N) is 2. The van der Waals surface area contributed by atoms with Gasteiger partial charge in [0, 0.05) is 38.5 Å². The molecule has 0 bridgehead atoms. The van der Waals surface area contributed by atoms with Crippen molar-refractivity contribution < 1.29 is 4.74 Å². The van der Waals surface area contributed by atoms with Crippen molar-refractivity contribution in [2.75, 3.05) is 27.2 Å². The van der Waals surface area contributed by atoms with Crippen LogP contribution in [0.1, 0.15) is 36.3 Å². The smallest absolute Gasteiger partial charge is 0.191 e. The van der Waals surface area contributed by atoms with Gasteiger partial charge in [0.05, 0.1) is 16.3 Å². The highest BCUT2D eigenvalue weighted by Gasteiger charge is 2.16. The van der Waals surface area contributed by atoms with Gasteiger partial charge in [0.25, 0.3) is 0 Å². The average molecular weight is 312 g/mol. The molecule has 1 aromatic rings. The van der Waals surface area contributed by atoms with Gasteiger partial charge in [-0.25, -0.2) is 4.98 Å². The molecule has 0 aliphatic heterocycles. The summed E-state index contributed by atoms with van der Waals surface area (Å²) in [6.45, 7) is 9.90. The Labute approximate surface area is 132 Å². The minimum atomic E-state index is -0.208. The molecule has 0 amide bonds. The van der Waals surface area contributed by atoms with E-state index >= 15 is 0 Å². The Hall–Kier alpha value is -1.14. The summed E-state index contributed by atoms with van der Waals surface area (Å²) in [6, 6.07) is 0. The first-order valence-electron chi connectivity index (χ1n) is 7.36. The molecule has 5 nitrogen and oxygen atoms in total. The van der Waals surface area contributed by atoms with Crippen LogP contribution in [0.25, 0.3) is 0 Å². The van der Waals surface area contributed by atoms with Gasteiger partial charge < -0.3 is 15.4 Å². The van der Waals surface area contributed by atoms with Gasteiger partial charge in [-0.1, -0.05) is 6.92 Å². The van der Waals surface area contributed by atoms with E-state index in [1.54, 1.807) is 25.5 Å². The number of nitrogens with zero attached hydrogens (tertiary/aromatic N) is 2. The van der Waals surface area contributed by atoms with Crippen LogP contribution in [0.3, 0.4) is 0 Å². The van der Waals surface area contributed by atoms with Crippen LogP contribution >= 0.6 is 11.3 Å². The molecule has 1 heterocycles. The number of ether oxygens (including phenoxy) is 1. The lowest BCUT2D eigenvalue weighted by Crippen LogP contribution is -2.45.